The van der Waals surface area contributed by atoms with Gasteiger partial charge in [0.15, 0.2) is 5.82 Å². The molecule has 1 aliphatic carbocycles. The van der Waals surface area contributed by atoms with Crippen LogP contribution < -0.4 is 0 Å². The van der Waals surface area contributed by atoms with Crippen LogP contribution >= 0.6 is 0 Å². The van der Waals surface area contributed by atoms with Gasteiger partial charge in [-0.1, -0.05) is 170 Å². The van der Waals surface area contributed by atoms with E-state index in [0.717, 1.165) is 50.0 Å². The van der Waals surface area contributed by atoms with Gasteiger partial charge in [0.05, 0.1) is 11.4 Å². The molecule has 0 fully saturated rings. The van der Waals surface area contributed by atoms with Gasteiger partial charge in [-0.25, -0.2) is 9.97 Å². The second kappa shape index (κ2) is 14.2. The standard InChI is InChI=1S/C56H40N2O/c1-35-17-12-13-24-41(35)53(38-20-8-4-9-21-38)46-33-49-47(31-36(46)2)42-25-14-15-26-43(42)54(49)40-29-30-52-48(32-40)44-27-16-28-45(55(44)59-52)51-34-50(37-18-6-3-7-19-37)57-56(58-51)39-22-10-5-11-23-39/h3-34,53-54H,1-2H3. The summed E-state index contributed by atoms with van der Waals surface area (Å²) in [7, 11) is 0. The monoisotopic (exact) mass is 756 g/mol. The summed E-state index contributed by atoms with van der Waals surface area (Å²) in [6.07, 6.45) is 0. The van der Waals surface area contributed by atoms with Gasteiger partial charge in [-0.15, -0.1) is 0 Å². The zero-order chi connectivity index (χ0) is 39.5. The van der Waals surface area contributed by atoms with Crippen molar-refractivity contribution < 1.29 is 4.42 Å². The molecule has 1 aliphatic rings. The maximum absolute atomic E-state index is 6.80. The predicted molar refractivity (Wildman–Crippen MR) is 242 cm³/mol. The molecule has 59 heavy (non-hydrogen) atoms. The molecular formula is C56H40N2O. The number of furan rings is 1. The van der Waals surface area contributed by atoms with Gasteiger partial charge in [-0.2, -0.15) is 0 Å². The number of benzene rings is 8. The molecule has 0 radical (unpaired) electrons. The maximum atomic E-state index is 6.80. The topological polar surface area (TPSA) is 38.9 Å². The number of aryl methyl sites for hydroxylation is 2. The predicted octanol–water partition coefficient (Wildman–Crippen LogP) is 14.3. The minimum absolute atomic E-state index is 0.0649. The molecule has 0 aliphatic heterocycles. The Morgan fingerprint density at radius 1 is 0.458 bits per heavy atom. The second-order valence-corrected chi connectivity index (χ2v) is 15.8. The molecule has 0 saturated heterocycles. The largest absolute Gasteiger partial charge is 0.455 e. The molecule has 2 heterocycles. The molecule has 10 aromatic rings. The maximum Gasteiger partial charge on any atom is 0.160 e. The number of hydrogen-bond donors (Lipinski definition) is 0. The third-order valence-corrected chi connectivity index (χ3v) is 12.2. The molecule has 0 amide bonds. The number of aromatic nitrogens is 2. The van der Waals surface area contributed by atoms with Crippen LogP contribution in [-0.4, -0.2) is 9.97 Å². The summed E-state index contributed by atoms with van der Waals surface area (Å²) < 4.78 is 6.80. The van der Waals surface area contributed by atoms with Gasteiger partial charge in [-0.05, 0) is 93.7 Å². The highest BCUT2D eigenvalue weighted by molar-refractivity contribution is 6.09. The van der Waals surface area contributed by atoms with Gasteiger partial charge in [-0.3, -0.25) is 0 Å². The van der Waals surface area contributed by atoms with E-state index in [2.05, 4.69) is 172 Å². The Labute approximate surface area is 344 Å². The fourth-order valence-corrected chi connectivity index (χ4v) is 9.38. The summed E-state index contributed by atoms with van der Waals surface area (Å²) in [4.78, 5) is 10.2. The summed E-state index contributed by atoms with van der Waals surface area (Å²) >= 11 is 0. The lowest BCUT2D eigenvalue weighted by Gasteiger charge is -2.25. The van der Waals surface area contributed by atoms with Gasteiger partial charge >= 0.3 is 0 Å². The summed E-state index contributed by atoms with van der Waals surface area (Å²) in [5.74, 6) is 0.856. The highest BCUT2D eigenvalue weighted by Crippen LogP contribution is 2.51. The fourth-order valence-electron chi connectivity index (χ4n) is 9.38. The summed E-state index contributed by atoms with van der Waals surface area (Å²) in [5, 5.41) is 2.17. The summed E-state index contributed by atoms with van der Waals surface area (Å²) in [6, 6.07) is 69.5. The minimum Gasteiger partial charge on any atom is -0.455 e. The Kier molecular flexibility index (Phi) is 8.41. The summed E-state index contributed by atoms with van der Waals surface area (Å²) in [5.41, 5.74) is 19.5. The van der Waals surface area contributed by atoms with E-state index in [9.17, 15) is 0 Å². The third-order valence-electron chi connectivity index (χ3n) is 12.2. The van der Waals surface area contributed by atoms with E-state index in [0.29, 0.717) is 5.82 Å². The average Bonchev–Trinajstić information content (AvgIpc) is 3.83. The smallest absolute Gasteiger partial charge is 0.160 e. The molecule has 0 saturated carbocycles. The van der Waals surface area contributed by atoms with E-state index in [1.54, 1.807) is 0 Å². The summed E-state index contributed by atoms with van der Waals surface area (Å²) in [6.45, 7) is 4.52. The van der Waals surface area contributed by atoms with Crippen molar-refractivity contribution in [1.82, 2.24) is 9.97 Å². The molecule has 0 bridgehead atoms. The molecule has 2 unspecified atom stereocenters. The van der Waals surface area contributed by atoms with Crippen LogP contribution in [0.4, 0.5) is 0 Å². The SMILES string of the molecule is Cc1ccccc1C(c1ccccc1)c1cc2c(cc1C)-c1ccccc1C2c1ccc2oc3c(-c4cc(-c5ccccc5)nc(-c5ccccc5)n4)cccc3c2c1. The average molecular weight is 757 g/mol. The quantitative estimate of drug-likeness (QED) is 0.152. The van der Waals surface area contributed by atoms with E-state index in [-0.39, 0.29) is 11.8 Å². The Morgan fingerprint density at radius 2 is 1.14 bits per heavy atom. The van der Waals surface area contributed by atoms with Gasteiger partial charge in [0, 0.05) is 39.3 Å². The first-order valence-corrected chi connectivity index (χ1v) is 20.4. The van der Waals surface area contributed by atoms with E-state index in [1.165, 1.54) is 55.6 Å². The highest BCUT2D eigenvalue weighted by atomic mass is 16.3. The lowest BCUT2D eigenvalue weighted by molar-refractivity contribution is 0.669. The van der Waals surface area contributed by atoms with Crippen LogP contribution in [0.3, 0.4) is 0 Å². The van der Waals surface area contributed by atoms with E-state index >= 15 is 0 Å². The first kappa shape index (κ1) is 34.9. The van der Waals surface area contributed by atoms with Crippen LogP contribution in [0.1, 0.15) is 56.3 Å². The molecule has 2 atom stereocenters. The van der Waals surface area contributed by atoms with Crippen molar-refractivity contribution in [2.45, 2.75) is 25.7 Å². The second-order valence-electron chi connectivity index (χ2n) is 15.8. The van der Waals surface area contributed by atoms with Crippen LogP contribution in [0.2, 0.25) is 0 Å². The van der Waals surface area contributed by atoms with Crippen LogP contribution in [-0.2, 0) is 0 Å². The molecule has 11 rings (SSSR count). The fraction of sp³-hybridized carbons (Fsp3) is 0.0714. The van der Waals surface area contributed by atoms with Crippen LogP contribution in [0.25, 0.3) is 67.0 Å². The first-order valence-electron chi connectivity index (χ1n) is 20.4. The van der Waals surface area contributed by atoms with Crippen molar-refractivity contribution in [3.63, 3.8) is 0 Å². The van der Waals surface area contributed by atoms with Gasteiger partial charge in [0.1, 0.15) is 11.2 Å². The van der Waals surface area contributed by atoms with Crippen molar-refractivity contribution in [1.29, 1.82) is 0 Å². The Bertz CT molecular complexity index is 3130. The minimum atomic E-state index is 0.0649. The molecule has 3 heteroatoms. The Hall–Kier alpha value is -7.36. The van der Waals surface area contributed by atoms with Crippen molar-refractivity contribution >= 4 is 21.9 Å². The van der Waals surface area contributed by atoms with Crippen LogP contribution in [0, 0.1) is 13.8 Å². The van der Waals surface area contributed by atoms with Gasteiger partial charge < -0.3 is 4.42 Å². The van der Waals surface area contributed by atoms with Crippen molar-refractivity contribution in [2.75, 3.05) is 0 Å². The Morgan fingerprint density at radius 3 is 1.93 bits per heavy atom. The van der Waals surface area contributed by atoms with Crippen molar-refractivity contribution in [2.24, 2.45) is 0 Å². The van der Waals surface area contributed by atoms with Gasteiger partial charge in [0.2, 0.25) is 0 Å². The first-order chi connectivity index (χ1) is 29.1. The van der Waals surface area contributed by atoms with Gasteiger partial charge in [0.25, 0.3) is 0 Å². The highest BCUT2D eigenvalue weighted by Gasteiger charge is 2.33. The lowest BCUT2D eigenvalue weighted by Crippen LogP contribution is -2.09. The zero-order valence-electron chi connectivity index (χ0n) is 32.9. The van der Waals surface area contributed by atoms with Crippen molar-refractivity contribution in [3.05, 3.63) is 239 Å². The molecule has 0 N–H and O–H groups in total. The van der Waals surface area contributed by atoms with Crippen molar-refractivity contribution in [3.8, 4) is 45.0 Å². The molecule has 0 spiro atoms. The van der Waals surface area contributed by atoms with E-state index < -0.39 is 0 Å². The number of nitrogens with zero attached hydrogens (tertiary/aromatic N) is 2. The number of hydrogen-bond acceptors (Lipinski definition) is 3. The molecule has 8 aromatic carbocycles. The molecule has 2 aromatic heterocycles. The van der Waals surface area contributed by atoms with E-state index in [4.69, 9.17) is 14.4 Å². The Balaban J connectivity index is 1.07. The molecular weight excluding hydrogens is 717 g/mol. The number of para-hydroxylation sites is 1. The molecule has 280 valence electrons. The van der Waals surface area contributed by atoms with Crippen LogP contribution in [0.15, 0.2) is 199 Å². The number of fused-ring (bicyclic) bond motifs is 6. The third kappa shape index (κ3) is 5.97. The van der Waals surface area contributed by atoms with Crippen LogP contribution in [0.5, 0.6) is 0 Å². The van der Waals surface area contributed by atoms with E-state index in [1.807, 2.05) is 36.4 Å². The zero-order valence-corrected chi connectivity index (χ0v) is 32.9. The molecule has 3 nitrogen and oxygen atoms in total. The lowest BCUT2D eigenvalue weighted by atomic mass is 9.79. The normalized spacial score (nSPS) is 13.7. The number of rotatable bonds is 7.